The zero-order chi connectivity index (χ0) is 11.2. The highest BCUT2D eigenvalue weighted by Crippen LogP contribution is 2.20. The molecule has 3 nitrogen and oxygen atoms in total. The first-order valence-electron chi connectivity index (χ1n) is 4.45. The minimum absolute atomic E-state index is 0.183. The Morgan fingerprint density at radius 2 is 1.93 bits per heavy atom. The Bertz CT molecular complexity index is 176. The molecule has 0 saturated carbocycles. The van der Waals surface area contributed by atoms with Crippen molar-refractivity contribution in [3.63, 3.8) is 0 Å². The summed E-state index contributed by atoms with van der Waals surface area (Å²) in [5, 5.41) is 0. The highest BCUT2D eigenvalue weighted by atomic mass is 19.4. The van der Waals surface area contributed by atoms with E-state index >= 15 is 0 Å². The predicted octanol–water partition coefficient (Wildman–Crippen LogP) is 1.14. The fourth-order valence-electron chi connectivity index (χ4n) is 1.07. The van der Waals surface area contributed by atoms with Crippen LogP contribution in [0.25, 0.3) is 0 Å². The van der Waals surface area contributed by atoms with Crippen LogP contribution >= 0.6 is 0 Å². The first-order valence-corrected chi connectivity index (χ1v) is 4.45. The van der Waals surface area contributed by atoms with Gasteiger partial charge in [0.05, 0.1) is 0 Å². The molecule has 0 spiro atoms. The van der Waals surface area contributed by atoms with Crippen LogP contribution in [0, 0.1) is 0 Å². The van der Waals surface area contributed by atoms with Crippen LogP contribution in [0.3, 0.4) is 0 Å². The van der Waals surface area contributed by atoms with E-state index in [1.165, 1.54) is 0 Å². The third-order valence-electron chi connectivity index (χ3n) is 1.60. The molecule has 14 heavy (non-hydrogen) atoms. The van der Waals surface area contributed by atoms with E-state index in [-0.39, 0.29) is 13.1 Å². The van der Waals surface area contributed by atoms with Gasteiger partial charge in [0.15, 0.2) is 0 Å². The number of carbonyl (C=O) groups is 1. The minimum atomic E-state index is -4.43. The van der Waals surface area contributed by atoms with Crippen LogP contribution in [-0.2, 0) is 4.79 Å². The van der Waals surface area contributed by atoms with Gasteiger partial charge in [-0.2, -0.15) is 13.2 Å². The molecule has 0 aromatic rings. The monoisotopic (exact) mass is 212 g/mol. The Morgan fingerprint density at radius 3 is 2.29 bits per heavy atom. The summed E-state index contributed by atoms with van der Waals surface area (Å²) in [5.41, 5.74) is 5.19. The standard InChI is InChI=1S/C8H15F3N2O/c1-2-4-13(5-3-12)7(14)6-8(9,10)11/h2-6,12H2,1H3. The second kappa shape index (κ2) is 5.85. The zero-order valence-electron chi connectivity index (χ0n) is 8.10. The molecule has 2 N–H and O–H groups in total. The number of rotatable bonds is 5. The topological polar surface area (TPSA) is 46.3 Å². The largest absolute Gasteiger partial charge is 0.397 e. The number of halogens is 3. The summed E-state index contributed by atoms with van der Waals surface area (Å²) >= 11 is 0. The van der Waals surface area contributed by atoms with E-state index in [0.29, 0.717) is 13.0 Å². The van der Waals surface area contributed by atoms with Crippen LogP contribution < -0.4 is 5.73 Å². The fraction of sp³-hybridized carbons (Fsp3) is 0.875. The summed E-state index contributed by atoms with van der Waals surface area (Å²) in [5.74, 6) is -0.898. The van der Waals surface area contributed by atoms with E-state index in [2.05, 4.69) is 0 Å². The maximum atomic E-state index is 11.9. The van der Waals surface area contributed by atoms with E-state index in [4.69, 9.17) is 5.73 Å². The molecule has 0 rings (SSSR count). The first kappa shape index (κ1) is 13.2. The average Bonchev–Trinajstić information content (AvgIpc) is 2.01. The molecule has 6 heteroatoms. The lowest BCUT2D eigenvalue weighted by atomic mass is 10.3. The Morgan fingerprint density at radius 1 is 1.36 bits per heavy atom. The van der Waals surface area contributed by atoms with Gasteiger partial charge in [0, 0.05) is 19.6 Å². The van der Waals surface area contributed by atoms with Crippen molar-refractivity contribution in [2.75, 3.05) is 19.6 Å². The van der Waals surface area contributed by atoms with Gasteiger partial charge >= 0.3 is 6.18 Å². The van der Waals surface area contributed by atoms with Gasteiger partial charge in [0.2, 0.25) is 5.91 Å². The maximum Gasteiger partial charge on any atom is 0.397 e. The molecule has 0 fully saturated rings. The summed E-state index contributed by atoms with van der Waals surface area (Å²) in [4.78, 5) is 12.2. The molecule has 0 radical (unpaired) electrons. The Balaban J connectivity index is 4.14. The van der Waals surface area contributed by atoms with Crippen LogP contribution in [-0.4, -0.2) is 36.6 Å². The molecule has 0 heterocycles. The lowest BCUT2D eigenvalue weighted by Crippen LogP contribution is -2.38. The van der Waals surface area contributed by atoms with Gasteiger partial charge < -0.3 is 10.6 Å². The van der Waals surface area contributed by atoms with Crippen molar-refractivity contribution in [3.8, 4) is 0 Å². The number of carbonyl (C=O) groups excluding carboxylic acids is 1. The first-order chi connectivity index (χ1) is 6.40. The van der Waals surface area contributed by atoms with Crippen molar-refractivity contribution in [1.82, 2.24) is 4.90 Å². The van der Waals surface area contributed by atoms with Crippen molar-refractivity contribution < 1.29 is 18.0 Å². The number of alkyl halides is 3. The predicted molar refractivity (Wildman–Crippen MR) is 46.6 cm³/mol. The van der Waals surface area contributed by atoms with E-state index < -0.39 is 18.5 Å². The van der Waals surface area contributed by atoms with Gasteiger partial charge in [-0.3, -0.25) is 4.79 Å². The van der Waals surface area contributed by atoms with Crippen molar-refractivity contribution in [2.24, 2.45) is 5.73 Å². The number of hydrogen-bond acceptors (Lipinski definition) is 2. The molecule has 1 amide bonds. The molecule has 0 saturated heterocycles. The SMILES string of the molecule is CCCN(CCN)C(=O)CC(F)(F)F. The van der Waals surface area contributed by atoms with Crippen LogP contribution in [0.5, 0.6) is 0 Å². The average molecular weight is 212 g/mol. The summed E-state index contributed by atoms with van der Waals surface area (Å²) in [6.07, 6.45) is -5.20. The van der Waals surface area contributed by atoms with Crippen LogP contribution in [0.4, 0.5) is 13.2 Å². The van der Waals surface area contributed by atoms with Crippen molar-refractivity contribution >= 4 is 5.91 Å². The molecule has 0 aliphatic rings. The Kier molecular flexibility index (Phi) is 5.52. The van der Waals surface area contributed by atoms with Gasteiger partial charge in [-0.25, -0.2) is 0 Å². The van der Waals surface area contributed by atoms with E-state index in [1.807, 2.05) is 0 Å². The third-order valence-corrected chi connectivity index (χ3v) is 1.60. The zero-order valence-corrected chi connectivity index (χ0v) is 8.10. The fourth-order valence-corrected chi connectivity index (χ4v) is 1.07. The molecule has 0 aliphatic heterocycles. The minimum Gasteiger partial charge on any atom is -0.341 e. The van der Waals surface area contributed by atoms with E-state index in [0.717, 1.165) is 4.90 Å². The number of nitrogens with two attached hydrogens (primary N) is 1. The number of hydrogen-bond donors (Lipinski definition) is 1. The van der Waals surface area contributed by atoms with Crippen molar-refractivity contribution in [1.29, 1.82) is 0 Å². The summed E-state index contributed by atoms with van der Waals surface area (Å²) in [6, 6.07) is 0. The highest BCUT2D eigenvalue weighted by Gasteiger charge is 2.33. The second-order valence-corrected chi connectivity index (χ2v) is 2.96. The van der Waals surface area contributed by atoms with Crippen LogP contribution in [0.15, 0.2) is 0 Å². The molecule has 0 aromatic carbocycles. The smallest absolute Gasteiger partial charge is 0.341 e. The summed E-state index contributed by atoms with van der Waals surface area (Å²) in [6.45, 7) is 2.49. The molecular weight excluding hydrogens is 197 g/mol. The molecule has 0 atom stereocenters. The number of nitrogens with zero attached hydrogens (tertiary/aromatic N) is 1. The lowest BCUT2D eigenvalue weighted by molar-refractivity contribution is -0.161. The van der Waals surface area contributed by atoms with E-state index in [9.17, 15) is 18.0 Å². The molecule has 0 bridgehead atoms. The molecule has 0 unspecified atom stereocenters. The van der Waals surface area contributed by atoms with Crippen LogP contribution in [0.1, 0.15) is 19.8 Å². The van der Waals surface area contributed by atoms with Crippen molar-refractivity contribution in [3.05, 3.63) is 0 Å². The Hall–Kier alpha value is -0.780. The second-order valence-electron chi connectivity index (χ2n) is 2.96. The molecular formula is C8H15F3N2O. The third kappa shape index (κ3) is 5.80. The molecule has 84 valence electrons. The molecule has 0 aromatic heterocycles. The van der Waals surface area contributed by atoms with Gasteiger partial charge in [-0.05, 0) is 6.42 Å². The number of amides is 1. The summed E-state index contributed by atoms with van der Waals surface area (Å²) < 4.78 is 35.6. The van der Waals surface area contributed by atoms with E-state index in [1.54, 1.807) is 6.92 Å². The van der Waals surface area contributed by atoms with Gasteiger partial charge in [0.1, 0.15) is 6.42 Å². The van der Waals surface area contributed by atoms with Crippen LogP contribution in [0.2, 0.25) is 0 Å². The van der Waals surface area contributed by atoms with Crippen molar-refractivity contribution in [2.45, 2.75) is 25.9 Å². The normalized spacial score (nSPS) is 11.5. The van der Waals surface area contributed by atoms with Gasteiger partial charge in [0.25, 0.3) is 0 Å². The highest BCUT2D eigenvalue weighted by molar-refractivity contribution is 5.76. The Labute approximate surface area is 81.1 Å². The summed E-state index contributed by atoms with van der Waals surface area (Å²) in [7, 11) is 0. The quantitative estimate of drug-likeness (QED) is 0.742. The van der Waals surface area contributed by atoms with Gasteiger partial charge in [-0.1, -0.05) is 6.92 Å². The molecule has 0 aliphatic carbocycles. The van der Waals surface area contributed by atoms with Gasteiger partial charge in [-0.15, -0.1) is 0 Å². The lowest BCUT2D eigenvalue weighted by Gasteiger charge is -2.21. The maximum absolute atomic E-state index is 11.9.